The molecule has 0 radical (unpaired) electrons. The molecule has 0 fully saturated rings. The standard InChI is InChI=1S/C23H22N2O3/c1-16-5-2-7-18(11-16)15-28-21-10-4-9-20(13-21)23(27)25-14-17-6-3-8-19(12-17)22(24)26/h2-13H,14-15H2,1H3,(H2,24,26)(H,25,27). The van der Waals surface area contributed by atoms with E-state index in [1.165, 1.54) is 5.56 Å². The molecule has 142 valence electrons. The van der Waals surface area contributed by atoms with Crippen molar-refractivity contribution < 1.29 is 14.3 Å². The van der Waals surface area contributed by atoms with E-state index in [0.29, 0.717) is 30.0 Å². The number of hydrogen-bond acceptors (Lipinski definition) is 3. The van der Waals surface area contributed by atoms with Crippen LogP contribution in [0.4, 0.5) is 0 Å². The highest BCUT2D eigenvalue weighted by molar-refractivity contribution is 5.95. The van der Waals surface area contributed by atoms with Crippen LogP contribution in [-0.2, 0) is 13.2 Å². The third-order valence-corrected chi connectivity index (χ3v) is 4.25. The van der Waals surface area contributed by atoms with E-state index >= 15 is 0 Å². The van der Waals surface area contributed by atoms with Gasteiger partial charge in [0.05, 0.1) is 0 Å². The molecule has 0 bridgehead atoms. The van der Waals surface area contributed by atoms with E-state index in [-0.39, 0.29) is 5.91 Å². The largest absolute Gasteiger partial charge is 0.489 e. The fourth-order valence-electron chi connectivity index (χ4n) is 2.81. The van der Waals surface area contributed by atoms with Gasteiger partial charge in [0.25, 0.3) is 5.91 Å². The molecule has 0 atom stereocenters. The first kappa shape index (κ1) is 19.2. The molecule has 28 heavy (non-hydrogen) atoms. The number of aryl methyl sites for hydroxylation is 1. The molecule has 0 heterocycles. The van der Waals surface area contributed by atoms with Crippen molar-refractivity contribution >= 4 is 11.8 Å². The number of amides is 2. The van der Waals surface area contributed by atoms with Gasteiger partial charge in [-0.25, -0.2) is 0 Å². The minimum atomic E-state index is -0.494. The summed E-state index contributed by atoms with van der Waals surface area (Å²) in [7, 11) is 0. The number of ether oxygens (including phenoxy) is 1. The van der Waals surface area contributed by atoms with Crippen LogP contribution in [0.2, 0.25) is 0 Å². The van der Waals surface area contributed by atoms with Crippen molar-refractivity contribution in [2.45, 2.75) is 20.1 Å². The Morgan fingerprint density at radius 3 is 2.39 bits per heavy atom. The number of benzene rings is 3. The van der Waals surface area contributed by atoms with Crippen LogP contribution < -0.4 is 15.8 Å². The third kappa shape index (κ3) is 5.20. The summed E-state index contributed by atoms with van der Waals surface area (Å²) in [6.07, 6.45) is 0. The Bertz CT molecular complexity index is 998. The molecule has 0 aliphatic rings. The van der Waals surface area contributed by atoms with E-state index < -0.39 is 5.91 Å². The second kappa shape index (κ2) is 8.86. The molecule has 0 unspecified atom stereocenters. The van der Waals surface area contributed by atoms with Crippen LogP contribution in [-0.4, -0.2) is 11.8 Å². The zero-order valence-corrected chi connectivity index (χ0v) is 15.6. The first-order valence-electron chi connectivity index (χ1n) is 8.96. The Hall–Kier alpha value is -3.60. The molecule has 0 saturated carbocycles. The van der Waals surface area contributed by atoms with E-state index in [9.17, 15) is 9.59 Å². The average Bonchev–Trinajstić information content (AvgIpc) is 2.71. The van der Waals surface area contributed by atoms with Gasteiger partial charge in [0.2, 0.25) is 5.91 Å². The lowest BCUT2D eigenvalue weighted by atomic mass is 10.1. The molecule has 5 nitrogen and oxygen atoms in total. The predicted molar refractivity (Wildman–Crippen MR) is 108 cm³/mol. The Kier molecular flexibility index (Phi) is 6.07. The lowest BCUT2D eigenvalue weighted by Crippen LogP contribution is -2.23. The van der Waals surface area contributed by atoms with Crippen molar-refractivity contribution in [3.8, 4) is 5.75 Å². The van der Waals surface area contributed by atoms with Crippen LogP contribution in [0.5, 0.6) is 5.75 Å². The highest BCUT2D eigenvalue weighted by Gasteiger charge is 2.08. The summed E-state index contributed by atoms with van der Waals surface area (Å²) in [6, 6.07) is 22.0. The number of nitrogens with one attached hydrogen (secondary N) is 1. The van der Waals surface area contributed by atoms with Gasteiger partial charge >= 0.3 is 0 Å². The van der Waals surface area contributed by atoms with Crippen molar-refractivity contribution in [1.82, 2.24) is 5.32 Å². The minimum Gasteiger partial charge on any atom is -0.489 e. The van der Waals surface area contributed by atoms with E-state index in [1.807, 2.05) is 37.3 Å². The van der Waals surface area contributed by atoms with Crippen LogP contribution in [0, 0.1) is 6.92 Å². The molecule has 5 heteroatoms. The topological polar surface area (TPSA) is 81.4 Å². The molecule has 0 aliphatic carbocycles. The number of hydrogen-bond donors (Lipinski definition) is 2. The molecular formula is C23H22N2O3. The molecule has 0 aromatic heterocycles. The lowest BCUT2D eigenvalue weighted by Gasteiger charge is -2.10. The second-order valence-electron chi connectivity index (χ2n) is 6.55. The van der Waals surface area contributed by atoms with Crippen molar-refractivity contribution in [2.75, 3.05) is 0 Å². The van der Waals surface area contributed by atoms with Gasteiger partial charge in [-0.05, 0) is 48.4 Å². The average molecular weight is 374 g/mol. The SMILES string of the molecule is Cc1cccc(COc2cccc(C(=O)NCc3cccc(C(N)=O)c3)c2)c1. The van der Waals surface area contributed by atoms with Crippen LogP contribution in [0.3, 0.4) is 0 Å². The summed E-state index contributed by atoms with van der Waals surface area (Å²) in [5, 5.41) is 2.84. The number of carbonyl (C=O) groups excluding carboxylic acids is 2. The van der Waals surface area contributed by atoms with E-state index in [0.717, 1.165) is 11.1 Å². The maximum absolute atomic E-state index is 12.4. The fraction of sp³-hybridized carbons (Fsp3) is 0.130. The highest BCUT2D eigenvalue weighted by Crippen LogP contribution is 2.16. The van der Waals surface area contributed by atoms with Crippen molar-refractivity contribution in [1.29, 1.82) is 0 Å². The zero-order chi connectivity index (χ0) is 19.9. The molecule has 0 aliphatic heterocycles. The van der Waals surface area contributed by atoms with Crippen molar-refractivity contribution in [3.63, 3.8) is 0 Å². The molecule has 0 spiro atoms. The number of carbonyl (C=O) groups is 2. The van der Waals surface area contributed by atoms with Crippen LogP contribution in [0.25, 0.3) is 0 Å². The molecule has 3 N–H and O–H groups in total. The van der Waals surface area contributed by atoms with Gasteiger partial charge in [-0.3, -0.25) is 9.59 Å². The second-order valence-corrected chi connectivity index (χ2v) is 6.55. The minimum absolute atomic E-state index is 0.217. The normalized spacial score (nSPS) is 10.3. The zero-order valence-electron chi connectivity index (χ0n) is 15.6. The van der Waals surface area contributed by atoms with Gasteiger partial charge in [0, 0.05) is 17.7 Å². The molecule has 0 saturated heterocycles. The first-order valence-corrected chi connectivity index (χ1v) is 8.96. The molecular weight excluding hydrogens is 352 g/mol. The van der Waals surface area contributed by atoms with Gasteiger partial charge < -0.3 is 15.8 Å². The summed E-state index contributed by atoms with van der Waals surface area (Å²) in [6.45, 7) is 2.77. The fourth-order valence-corrected chi connectivity index (χ4v) is 2.81. The van der Waals surface area contributed by atoms with Gasteiger partial charge in [-0.1, -0.05) is 48.0 Å². The molecule has 2 amide bonds. The van der Waals surface area contributed by atoms with Crippen molar-refractivity contribution in [2.24, 2.45) is 5.73 Å². The predicted octanol–water partition coefficient (Wildman–Crippen LogP) is 3.60. The lowest BCUT2D eigenvalue weighted by molar-refractivity contribution is 0.0949. The highest BCUT2D eigenvalue weighted by atomic mass is 16.5. The van der Waals surface area contributed by atoms with Crippen LogP contribution in [0.15, 0.2) is 72.8 Å². The molecule has 3 aromatic rings. The Balaban J connectivity index is 1.60. The summed E-state index contributed by atoms with van der Waals surface area (Å²) in [5.74, 6) is -0.0815. The van der Waals surface area contributed by atoms with Crippen molar-refractivity contribution in [3.05, 3.63) is 101 Å². The number of nitrogens with two attached hydrogens (primary N) is 1. The Morgan fingerprint density at radius 1 is 0.893 bits per heavy atom. The van der Waals surface area contributed by atoms with Crippen LogP contribution in [0.1, 0.15) is 37.4 Å². The summed E-state index contributed by atoms with van der Waals surface area (Å²) in [4.78, 5) is 23.7. The third-order valence-electron chi connectivity index (χ3n) is 4.25. The smallest absolute Gasteiger partial charge is 0.251 e. The monoisotopic (exact) mass is 374 g/mol. The van der Waals surface area contributed by atoms with E-state index in [2.05, 4.69) is 11.4 Å². The van der Waals surface area contributed by atoms with E-state index in [1.54, 1.807) is 36.4 Å². The maximum atomic E-state index is 12.4. The first-order chi connectivity index (χ1) is 13.5. The molecule has 3 aromatic carbocycles. The summed E-state index contributed by atoms with van der Waals surface area (Å²) in [5.41, 5.74) is 9.26. The van der Waals surface area contributed by atoms with Gasteiger partial charge in [-0.15, -0.1) is 0 Å². The summed E-state index contributed by atoms with van der Waals surface area (Å²) < 4.78 is 5.81. The molecule has 3 rings (SSSR count). The van der Waals surface area contributed by atoms with E-state index in [4.69, 9.17) is 10.5 Å². The summed E-state index contributed by atoms with van der Waals surface area (Å²) >= 11 is 0. The Labute approximate surface area is 164 Å². The van der Waals surface area contributed by atoms with Gasteiger partial charge in [0.15, 0.2) is 0 Å². The quantitative estimate of drug-likeness (QED) is 0.663. The van der Waals surface area contributed by atoms with Gasteiger partial charge in [0.1, 0.15) is 12.4 Å². The van der Waals surface area contributed by atoms with Gasteiger partial charge in [-0.2, -0.15) is 0 Å². The Morgan fingerprint density at radius 2 is 1.61 bits per heavy atom. The number of primary amides is 1. The maximum Gasteiger partial charge on any atom is 0.251 e. The van der Waals surface area contributed by atoms with Crippen LogP contribution >= 0.6 is 0 Å². The number of rotatable bonds is 7.